The first kappa shape index (κ1) is 12.2. The number of hydrogen-bond acceptors (Lipinski definition) is 6. The van der Waals surface area contributed by atoms with E-state index in [4.69, 9.17) is 4.74 Å². The number of nitrogens with zero attached hydrogens (tertiary/aromatic N) is 5. The molecule has 2 aromatic rings. The molecule has 2 aromatic heterocycles. The Labute approximate surface area is 104 Å². The molecule has 0 bridgehead atoms. The van der Waals surface area contributed by atoms with Crippen molar-refractivity contribution in [3.63, 3.8) is 0 Å². The third-order valence-corrected chi connectivity index (χ3v) is 2.27. The number of rotatable bonds is 5. The summed E-state index contributed by atoms with van der Waals surface area (Å²) >= 11 is 0. The average Bonchev–Trinajstić information content (AvgIpc) is 2.85. The fraction of sp³-hybridized carbons (Fsp3) is 0.364. The Morgan fingerprint density at radius 3 is 2.83 bits per heavy atom. The number of ether oxygens (including phenoxy) is 1. The molecule has 0 radical (unpaired) electrons. The van der Waals surface area contributed by atoms with Crippen molar-refractivity contribution in [2.24, 2.45) is 0 Å². The molecule has 0 saturated heterocycles. The van der Waals surface area contributed by atoms with E-state index in [2.05, 4.69) is 20.4 Å². The van der Waals surface area contributed by atoms with Crippen molar-refractivity contribution in [3.05, 3.63) is 29.7 Å². The molecule has 0 unspecified atom stereocenters. The van der Waals surface area contributed by atoms with Gasteiger partial charge in [-0.25, -0.2) is 4.98 Å². The summed E-state index contributed by atoms with van der Waals surface area (Å²) in [6.07, 6.45) is 1.48. The Bertz CT molecular complexity index is 535. The number of Topliss-reactive ketones (excluding diaryl/α,β-unsaturated/α-hetero) is 1. The van der Waals surface area contributed by atoms with Crippen LogP contribution >= 0.6 is 0 Å². The fourth-order valence-electron chi connectivity index (χ4n) is 1.28. The summed E-state index contributed by atoms with van der Waals surface area (Å²) < 4.78 is 5.38. The van der Waals surface area contributed by atoms with Crippen LogP contribution in [0.15, 0.2) is 18.3 Å². The van der Waals surface area contributed by atoms with E-state index in [1.807, 2.05) is 6.92 Å². The highest BCUT2D eigenvalue weighted by Gasteiger charge is 2.04. The summed E-state index contributed by atoms with van der Waals surface area (Å²) in [5, 5.41) is 11.7. The smallest absolute Gasteiger partial charge is 0.213 e. The van der Waals surface area contributed by atoms with E-state index in [-0.39, 0.29) is 12.4 Å². The van der Waals surface area contributed by atoms with E-state index in [0.717, 1.165) is 0 Å². The Balaban J connectivity index is 1.95. The van der Waals surface area contributed by atoms with Crippen LogP contribution in [0.1, 0.15) is 30.0 Å². The molecule has 0 aromatic carbocycles. The second-order valence-corrected chi connectivity index (χ2v) is 3.62. The SMILES string of the molecule is CCn1nnc(COc2ccc(C(C)=O)cn2)n1. The highest BCUT2D eigenvalue weighted by molar-refractivity contribution is 5.93. The Morgan fingerprint density at radius 2 is 2.28 bits per heavy atom. The van der Waals surface area contributed by atoms with Crippen LogP contribution in [0.5, 0.6) is 5.88 Å². The Kier molecular flexibility index (Phi) is 3.61. The van der Waals surface area contributed by atoms with E-state index < -0.39 is 0 Å². The van der Waals surface area contributed by atoms with Gasteiger partial charge >= 0.3 is 0 Å². The zero-order chi connectivity index (χ0) is 13.0. The second-order valence-electron chi connectivity index (χ2n) is 3.62. The second kappa shape index (κ2) is 5.35. The molecular weight excluding hydrogens is 234 g/mol. The van der Waals surface area contributed by atoms with Crippen LogP contribution in [0.2, 0.25) is 0 Å². The highest BCUT2D eigenvalue weighted by Crippen LogP contribution is 2.09. The van der Waals surface area contributed by atoms with Crippen molar-refractivity contribution >= 4 is 5.78 Å². The van der Waals surface area contributed by atoms with Gasteiger partial charge in [-0.2, -0.15) is 4.80 Å². The third-order valence-electron chi connectivity index (χ3n) is 2.27. The van der Waals surface area contributed by atoms with Gasteiger partial charge in [0.1, 0.15) is 0 Å². The average molecular weight is 247 g/mol. The van der Waals surface area contributed by atoms with Crippen molar-refractivity contribution in [1.82, 2.24) is 25.2 Å². The summed E-state index contributed by atoms with van der Waals surface area (Å²) in [4.78, 5) is 16.6. The zero-order valence-corrected chi connectivity index (χ0v) is 10.2. The molecule has 0 fully saturated rings. The van der Waals surface area contributed by atoms with E-state index in [0.29, 0.717) is 23.8 Å². The van der Waals surface area contributed by atoms with Crippen molar-refractivity contribution in [3.8, 4) is 5.88 Å². The van der Waals surface area contributed by atoms with E-state index >= 15 is 0 Å². The summed E-state index contributed by atoms with van der Waals surface area (Å²) in [5.74, 6) is 0.892. The Hall–Kier alpha value is -2.31. The van der Waals surface area contributed by atoms with Crippen molar-refractivity contribution in [2.45, 2.75) is 27.0 Å². The first-order chi connectivity index (χ1) is 8.69. The molecule has 7 heteroatoms. The third kappa shape index (κ3) is 2.88. The molecule has 94 valence electrons. The highest BCUT2D eigenvalue weighted by atomic mass is 16.5. The van der Waals surface area contributed by atoms with Crippen LogP contribution in [0.4, 0.5) is 0 Å². The molecule has 0 N–H and O–H groups in total. The van der Waals surface area contributed by atoms with Gasteiger partial charge in [0, 0.05) is 17.8 Å². The molecule has 0 aliphatic rings. The van der Waals surface area contributed by atoms with Gasteiger partial charge in [-0.15, -0.1) is 10.2 Å². The summed E-state index contributed by atoms with van der Waals surface area (Å²) in [6, 6.07) is 3.31. The number of pyridine rings is 1. The molecule has 18 heavy (non-hydrogen) atoms. The quantitative estimate of drug-likeness (QED) is 0.729. The predicted octanol–water partition coefficient (Wildman–Crippen LogP) is 0.870. The van der Waals surface area contributed by atoms with Gasteiger partial charge in [-0.05, 0) is 25.1 Å². The van der Waals surface area contributed by atoms with Gasteiger partial charge in [-0.1, -0.05) is 0 Å². The lowest BCUT2D eigenvalue weighted by molar-refractivity contribution is 0.101. The molecule has 0 aliphatic heterocycles. The normalized spacial score (nSPS) is 10.3. The number of tetrazole rings is 1. The number of carbonyl (C=O) groups is 1. The Morgan fingerprint density at radius 1 is 1.44 bits per heavy atom. The number of ketones is 1. The van der Waals surface area contributed by atoms with Crippen LogP contribution in [0.25, 0.3) is 0 Å². The predicted molar refractivity (Wildman–Crippen MR) is 62.1 cm³/mol. The van der Waals surface area contributed by atoms with Crippen molar-refractivity contribution in [2.75, 3.05) is 0 Å². The van der Waals surface area contributed by atoms with Crippen LogP contribution in [-0.2, 0) is 13.2 Å². The van der Waals surface area contributed by atoms with Gasteiger partial charge in [-0.3, -0.25) is 4.79 Å². The van der Waals surface area contributed by atoms with E-state index in [1.54, 1.807) is 12.1 Å². The number of carbonyl (C=O) groups excluding carboxylic acids is 1. The standard InChI is InChI=1S/C11H13N5O2/c1-3-16-14-10(13-15-16)7-18-11-5-4-9(6-12-11)8(2)17/h4-6H,3,7H2,1-2H3. The molecule has 0 amide bonds. The molecule has 0 aliphatic carbocycles. The lowest BCUT2D eigenvalue weighted by Crippen LogP contribution is -2.02. The number of aryl methyl sites for hydroxylation is 1. The maximum absolute atomic E-state index is 11.1. The molecule has 2 heterocycles. The topological polar surface area (TPSA) is 82.8 Å². The van der Waals surface area contributed by atoms with Crippen molar-refractivity contribution < 1.29 is 9.53 Å². The zero-order valence-electron chi connectivity index (χ0n) is 10.2. The fourth-order valence-corrected chi connectivity index (χ4v) is 1.28. The summed E-state index contributed by atoms with van der Waals surface area (Å²) in [5.41, 5.74) is 0.553. The van der Waals surface area contributed by atoms with Crippen LogP contribution in [0.3, 0.4) is 0 Å². The number of hydrogen-bond donors (Lipinski definition) is 0. The molecule has 2 rings (SSSR count). The van der Waals surface area contributed by atoms with Gasteiger partial charge in [0.05, 0.1) is 6.54 Å². The van der Waals surface area contributed by atoms with Gasteiger partial charge in [0.25, 0.3) is 0 Å². The maximum atomic E-state index is 11.1. The molecule has 0 atom stereocenters. The molecule has 0 saturated carbocycles. The first-order valence-corrected chi connectivity index (χ1v) is 5.55. The monoisotopic (exact) mass is 247 g/mol. The van der Waals surface area contributed by atoms with Crippen LogP contribution in [-0.4, -0.2) is 31.0 Å². The lowest BCUT2D eigenvalue weighted by atomic mass is 10.2. The summed E-state index contributed by atoms with van der Waals surface area (Å²) in [6.45, 7) is 4.28. The lowest BCUT2D eigenvalue weighted by Gasteiger charge is -2.02. The summed E-state index contributed by atoms with van der Waals surface area (Å²) in [7, 11) is 0. The largest absolute Gasteiger partial charge is 0.469 e. The first-order valence-electron chi connectivity index (χ1n) is 5.55. The van der Waals surface area contributed by atoms with E-state index in [9.17, 15) is 4.79 Å². The van der Waals surface area contributed by atoms with Gasteiger partial charge in [0.2, 0.25) is 11.7 Å². The maximum Gasteiger partial charge on any atom is 0.213 e. The van der Waals surface area contributed by atoms with Crippen LogP contribution in [0, 0.1) is 0 Å². The van der Waals surface area contributed by atoms with Crippen molar-refractivity contribution in [1.29, 1.82) is 0 Å². The minimum atomic E-state index is -0.0263. The molecule has 7 nitrogen and oxygen atoms in total. The minimum Gasteiger partial charge on any atom is -0.469 e. The van der Waals surface area contributed by atoms with Crippen LogP contribution < -0.4 is 4.74 Å². The van der Waals surface area contributed by atoms with Gasteiger partial charge in [0.15, 0.2) is 12.4 Å². The minimum absolute atomic E-state index is 0.0263. The van der Waals surface area contributed by atoms with E-state index in [1.165, 1.54) is 17.9 Å². The number of aromatic nitrogens is 5. The molecule has 0 spiro atoms. The molecular formula is C11H13N5O2. The van der Waals surface area contributed by atoms with Gasteiger partial charge < -0.3 is 4.74 Å².